The summed E-state index contributed by atoms with van der Waals surface area (Å²) in [5.41, 5.74) is 1.48. The van der Waals surface area contributed by atoms with Crippen LogP contribution in [0.2, 0.25) is 0 Å². The van der Waals surface area contributed by atoms with Crippen molar-refractivity contribution in [1.82, 2.24) is 14.5 Å². The van der Waals surface area contributed by atoms with E-state index in [1.165, 1.54) is 6.92 Å². The topological polar surface area (TPSA) is 86.8 Å². The van der Waals surface area contributed by atoms with Crippen LogP contribution in [0.4, 0.5) is 0 Å². The molecule has 0 saturated carbocycles. The van der Waals surface area contributed by atoms with E-state index in [0.717, 1.165) is 5.56 Å². The summed E-state index contributed by atoms with van der Waals surface area (Å²) in [6, 6.07) is 5.18. The Balaban J connectivity index is 1.96. The van der Waals surface area contributed by atoms with Gasteiger partial charge in [0.1, 0.15) is 0 Å². The maximum absolute atomic E-state index is 12.4. The first-order chi connectivity index (χ1) is 11.2. The Morgan fingerprint density at radius 2 is 1.67 bits per heavy atom. The molecule has 1 aromatic carbocycles. The van der Waals surface area contributed by atoms with Crippen LogP contribution in [0.5, 0.6) is 0 Å². The first kappa shape index (κ1) is 18.4. The van der Waals surface area contributed by atoms with Crippen LogP contribution in [0.25, 0.3) is 0 Å². The second kappa shape index (κ2) is 7.31. The van der Waals surface area contributed by atoms with Crippen LogP contribution >= 0.6 is 0 Å². The molecule has 1 aliphatic rings. The average Bonchev–Trinajstić information content (AvgIpc) is 2.55. The summed E-state index contributed by atoms with van der Waals surface area (Å²) in [4.78, 5) is 26.9. The van der Waals surface area contributed by atoms with Crippen molar-refractivity contribution in [2.24, 2.45) is 0 Å². The SMILES string of the molecule is CC(=O)N1CCN(C(=O)CNS(=O)(=O)c2cc(C)ccc2C)CC1. The molecule has 1 saturated heterocycles. The molecule has 1 fully saturated rings. The van der Waals surface area contributed by atoms with Crippen molar-refractivity contribution in [2.45, 2.75) is 25.7 Å². The highest BCUT2D eigenvalue weighted by molar-refractivity contribution is 7.89. The minimum absolute atomic E-state index is 0.0160. The lowest BCUT2D eigenvalue weighted by molar-refractivity contribution is -0.137. The second-order valence-electron chi connectivity index (χ2n) is 5.98. The zero-order valence-corrected chi connectivity index (χ0v) is 15.0. The third kappa shape index (κ3) is 4.33. The van der Waals surface area contributed by atoms with E-state index in [9.17, 15) is 18.0 Å². The number of carbonyl (C=O) groups is 2. The van der Waals surface area contributed by atoms with Gasteiger partial charge in [-0.05, 0) is 31.0 Å². The molecule has 1 aromatic rings. The van der Waals surface area contributed by atoms with E-state index in [4.69, 9.17) is 0 Å². The lowest BCUT2D eigenvalue weighted by Crippen LogP contribution is -2.52. The van der Waals surface area contributed by atoms with Crippen molar-refractivity contribution < 1.29 is 18.0 Å². The Morgan fingerprint density at radius 1 is 1.08 bits per heavy atom. The molecule has 0 aliphatic carbocycles. The number of hydrogen-bond donors (Lipinski definition) is 1. The molecule has 0 aromatic heterocycles. The molecule has 1 N–H and O–H groups in total. The van der Waals surface area contributed by atoms with Crippen LogP contribution in [0, 0.1) is 13.8 Å². The number of benzene rings is 1. The third-order valence-corrected chi connectivity index (χ3v) is 5.67. The van der Waals surface area contributed by atoms with Gasteiger partial charge in [-0.25, -0.2) is 13.1 Å². The van der Waals surface area contributed by atoms with E-state index in [2.05, 4.69) is 4.72 Å². The highest BCUT2D eigenvalue weighted by atomic mass is 32.2. The number of hydrogen-bond acceptors (Lipinski definition) is 4. The maximum atomic E-state index is 12.4. The van der Waals surface area contributed by atoms with Gasteiger partial charge in [0.2, 0.25) is 21.8 Å². The molecule has 0 atom stereocenters. The summed E-state index contributed by atoms with van der Waals surface area (Å²) < 4.78 is 27.2. The van der Waals surface area contributed by atoms with E-state index in [0.29, 0.717) is 31.7 Å². The first-order valence-corrected chi connectivity index (χ1v) is 9.29. The number of nitrogens with zero attached hydrogens (tertiary/aromatic N) is 2. The summed E-state index contributed by atoms with van der Waals surface area (Å²) in [6.07, 6.45) is 0. The Kier molecular flexibility index (Phi) is 5.61. The average molecular weight is 353 g/mol. The van der Waals surface area contributed by atoms with Crippen molar-refractivity contribution in [3.05, 3.63) is 29.3 Å². The number of aryl methyl sites for hydroxylation is 2. The molecule has 0 unspecified atom stereocenters. The minimum atomic E-state index is -3.73. The fraction of sp³-hybridized carbons (Fsp3) is 0.500. The fourth-order valence-electron chi connectivity index (χ4n) is 2.61. The van der Waals surface area contributed by atoms with E-state index in [1.807, 2.05) is 13.0 Å². The molecule has 1 aliphatic heterocycles. The number of nitrogens with one attached hydrogen (secondary N) is 1. The summed E-state index contributed by atoms with van der Waals surface area (Å²) in [6.45, 7) is 6.54. The van der Waals surface area contributed by atoms with Gasteiger partial charge in [-0.1, -0.05) is 12.1 Å². The van der Waals surface area contributed by atoms with Crippen LogP contribution in [0.3, 0.4) is 0 Å². The Hall–Kier alpha value is -1.93. The van der Waals surface area contributed by atoms with E-state index in [-0.39, 0.29) is 23.3 Å². The van der Waals surface area contributed by atoms with E-state index < -0.39 is 10.0 Å². The molecule has 1 heterocycles. The van der Waals surface area contributed by atoms with Crippen molar-refractivity contribution >= 4 is 21.8 Å². The quantitative estimate of drug-likeness (QED) is 0.842. The molecule has 0 radical (unpaired) electrons. The molecule has 7 nitrogen and oxygen atoms in total. The molecule has 8 heteroatoms. The molecular formula is C16H23N3O4S. The lowest BCUT2D eigenvalue weighted by Gasteiger charge is -2.34. The number of carbonyl (C=O) groups excluding carboxylic acids is 2. The zero-order valence-electron chi connectivity index (χ0n) is 14.2. The summed E-state index contributed by atoms with van der Waals surface area (Å²) in [7, 11) is -3.73. The van der Waals surface area contributed by atoms with Gasteiger partial charge in [0, 0.05) is 33.1 Å². The Morgan fingerprint density at radius 3 is 2.25 bits per heavy atom. The molecule has 132 valence electrons. The van der Waals surface area contributed by atoms with Crippen LogP contribution in [0.1, 0.15) is 18.1 Å². The molecule has 2 rings (SSSR count). The molecule has 0 bridgehead atoms. The van der Waals surface area contributed by atoms with E-state index >= 15 is 0 Å². The van der Waals surface area contributed by atoms with Gasteiger partial charge < -0.3 is 9.80 Å². The van der Waals surface area contributed by atoms with Gasteiger partial charge in [0.05, 0.1) is 11.4 Å². The minimum Gasteiger partial charge on any atom is -0.339 e. The fourth-order valence-corrected chi connectivity index (χ4v) is 3.92. The highest BCUT2D eigenvalue weighted by Crippen LogP contribution is 2.16. The van der Waals surface area contributed by atoms with Crippen LogP contribution in [-0.2, 0) is 19.6 Å². The van der Waals surface area contributed by atoms with Gasteiger partial charge in [-0.15, -0.1) is 0 Å². The van der Waals surface area contributed by atoms with Crippen molar-refractivity contribution in [3.63, 3.8) is 0 Å². The number of rotatable bonds is 4. The van der Waals surface area contributed by atoms with Crippen molar-refractivity contribution in [3.8, 4) is 0 Å². The summed E-state index contributed by atoms with van der Waals surface area (Å²) >= 11 is 0. The van der Waals surface area contributed by atoms with Crippen molar-refractivity contribution in [2.75, 3.05) is 32.7 Å². The second-order valence-corrected chi connectivity index (χ2v) is 7.72. The van der Waals surface area contributed by atoms with Gasteiger partial charge in [0.15, 0.2) is 0 Å². The predicted octanol–water partition coefficient (Wildman–Crippen LogP) is 0.272. The van der Waals surface area contributed by atoms with Crippen LogP contribution in [-0.4, -0.2) is 62.8 Å². The van der Waals surface area contributed by atoms with Crippen molar-refractivity contribution in [1.29, 1.82) is 0 Å². The first-order valence-electron chi connectivity index (χ1n) is 7.81. The molecular weight excluding hydrogens is 330 g/mol. The van der Waals surface area contributed by atoms with Gasteiger partial charge in [-0.2, -0.15) is 0 Å². The third-order valence-electron chi connectivity index (χ3n) is 4.12. The van der Waals surface area contributed by atoms with Gasteiger partial charge in [-0.3, -0.25) is 9.59 Å². The molecule has 24 heavy (non-hydrogen) atoms. The van der Waals surface area contributed by atoms with Gasteiger partial charge >= 0.3 is 0 Å². The maximum Gasteiger partial charge on any atom is 0.241 e. The summed E-state index contributed by atoms with van der Waals surface area (Å²) in [5, 5.41) is 0. The Bertz CT molecular complexity index is 738. The van der Waals surface area contributed by atoms with Crippen LogP contribution in [0.15, 0.2) is 23.1 Å². The van der Waals surface area contributed by atoms with Gasteiger partial charge in [0.25, 0.3) is 0 Å². The smallest absolute Gasteiger partial charge is 0.241 e. The largest absolute Gasteiger partial charge is 0.339 e. The molecule has 0 spiro atoms. The van der Waals surface area contributed by atoms with E-state index in [1.54, 1.807) is 28.9 Å². The zero-order chi connectivity index (χ0) is 17.9. The number of amides is 2. The summed E-state index contributed by atoms with van der Waals surface area (Å²) in [5.74, 6) is -0.301. The lowest BCUT2D eigenvalue weighted by atomic mass is 10.2. The standard InChI is InChI=1S/C16H23N3O4S/c1-12-4-5-13(2)15(10-12)24(22,23)17-11-16(21)19-8-6-18(7-9-19)14(3)20/h4-5,10,17H,6-9,11H2,1-3H3. The number of sulfonamides is 1. The number of piperazine rings is 1. The monoisotopic (exact) mass is 353 g/mol. The normalized spacial score (nSPS) is 15.5. The molecule has 2 amide bonds. The highest BCUT2D eigenvalue weighted by Gasteiger charge is 2.24. The predicted molar refractivity (Wildman–Crippen MR) is 89.9 cm³/mol. The van der Waals surface area contributed by atoms with Crippen LogP contribution < -0.4 is 4.72 Å². The Labute approximate surface area is 142 Å².